The number of unbranched alkanes of at least 4 members (excludes halogenated alkanes) is 5. The molecule has 0 atom stereocenters. The minimum absolute atomic E-state index is 0.0227. The van der Waals surface area contributed by atoms with Crippen LogP contribution in [-0.4, -0.2) is 34.8 Å². The number of thiocarbonyl (C=S) groups is 1. The zero-order valence-corrected chi connectivity index (χ0v) is 17.9. The lowest BCUT2D eigenvalue weighted by atomic mass is 10.1. The van der Waals surface area contributed by atoms with Crippen molar-refractivity contribution in [2.24, 2.45) is 0 Å². The van der Waals surface area contributed by atoms with Gasteiger partial charge in [0.1, 0.15) is 10.1 Å². The van der Waals surface area contributed by atoms with Gasteiger partial charge in [0, 0.05) is 31.8 Å². The second kappa shape index (κ2) is 10.3. The first-order valence-electron chi connectivity index (χ1n) is 10.3. The maximum atomic E-state index is 12.7. The van der Waals surface area contributed by atoms with Crippen LogP contribution < -0.4 is 4.90 Å². The normalized spacial score (nSPS) is 19.5. The Balaban J connectivity index is 1.53. The molecule has 0 unspecified atom stereocenters. The molecule has 1 aromatic heterocycles. The molecule has 27 heavy (non-hydrogen) atoms. The average Bonchev–Trinajstić information content (AvgIpc) is 3.25. The van der Waals surface area contributed by atoms with Crippen molar-refractivity contribution in [3.63, 3.8) is 0 Å². The molecule has 2 aliphatic rings. The Morgan fingerprint density at radius 3 is 2.63 bits per heavy atom. The predicted molar refractivity (Wildman–Crippen MR) is 118 cm³/mol. The lowest BCUT2D eigenvalue weighted by Crippen LogP contribution is -2.29. The molecule has 1 aromatic rings. The first kappa shape index (κ1) is 20.5. The van der Waals surface area contributed by atoms with E-state index in [-0.39, 0.29) is 5.91 Å². The van der Waals surface area contributed by atoms with Gasteiger partial charge in [-0.2, -0.15) is 0 Å². The lowest BCUT2D eigenvalue weighted by Gasteiger charge is -2.25. The summed E-state index contributed by atoms with van der Waals surface area (Å²) in [5, 5.41) is 0. The Morgan fingerprint density at radius 2 is 1.85 bits per heavy atom. The van der Waals surface area contributed by atoms with Crippen LogP contribution in [0.25, 0.3) is 6.08 Å². The second-order valence-electron chi connectivity index (χ2n) is 7.32. The van der Waals surface area contributed by atoms with Crippen LogP contribution in [-0.2, 0) is 4.79 Å². The topological polar surface area (TPSA) is 36.7 Å². The van der Waals surface area contributed by atoms with E-state index in [2.05, 4.69) is 11.8 Å². The van der Waals surface area contributed by atoms with Crippen molar-refractivity contribution in [2.45, 2.75) is 64.7 Å². The highest BCUT2D eigenvalue weighted by molar-refractivity contribution is 8.26. The van der Waals surface area contributed by atoms with Gasteiger partial charge in [0.05, 0.1) is 4.91 Å². The molecule has 3 rings (SSSR count). The zero-order valence-electron chi connectivity index (χ0n) is 16.2. The smallest absolute Gasteiger partial charge is 0.266 e. The maximum Gasteiger partial charge on any atom is 0.266 e. The summed E-state index contributed by atoms with van der Waals surface area (Å²) in [4.78, 5) is 17.4. The quantitative estimate of drug-likeness (QED) is 0.293. The van der Waals surface area contributed by atoms with Gasteiger partial charge >= 0.3 is 0 Å². The van der Waals surface area contributed by atoms with Crippen LogP contribution in [0.4, 0.5) is 5.88 Å². The molecule has 0 aliphatic carbocycles. The molecule has 148 valence electrons. The molecule has 0 radical (unpaired) electrons. The number of carbonyl (C=O) groups is 1. The van der Waals surface area contributed by atoms with Crippen molar-refractivity contribution in [1.82, 2.24) is 4.90 Å². The number of hydrogen-bond acceptors (Lipinski definition) is 5. The van der Waals surface area contributed by atoms with E-state index in [0.717, 1.165) is 44.1 Å². The van der Waals surface area contributed by atoms with Crippen molar-refractivity contribution in [3.05, 3.63) is 22.8 Å². The van der Waals surface area contributed by atoms with Gasteiger partial charge in [0.2, 0.25) is 0 Å². The molecular weight excluding hydrogens is 376 g/mol. The van der Waals surface area contributed by atoms with Crippen molar-refractivity contribution in [3.8, 4) is 0 Å². The van der Waals surface area contributed by atoms with Gasteiger partial charge in [-0.15, -0.1) is 0 Å². The summed E-state index contributed by atoms with van der Waals surface area (Å²) in [7, 11) is 0. The Hall–Kier alpha value is -1.27. The number of nitrogens with zero attached hydrogens (tertiary/aromatic N) is 2. The minimum Gasteiger partial charge on any atom is -0.441 e. The molecular formula is C21H30N2O2S2. The van der Waals surface area contributed by atoms with Crippen LogP contribution in [0.2, 0.25) is 0 Å². The highest BCUT2D eigenvalue weighted by atomic mass is 32.2. The SMILES string of the molecule is CCCCCCCCN1C(=O)/C(=C/c2ccc(N3CCCCC3)o2)SC1=S. The van der Waals surface area contributed by atoms with Gasteiger partial charge < -0.3 is 9.32 Å². The summed E-state index contributed by atoms with van der Waals surface area (Å²) in [6.07, 6.45) is 12.8. The standard InChI is InChI=1S/C21H30N2O2S2/c1-2-3-4-5-6-10-15-23-20(24)18(27-21(23)26)16-17-11-12-19(25-17)22-13-8-7-9-14-22/h11-12,16H,2-10,13-15H2,1H3/b18-16-. The van der Waals surface area contributed by atoms with Crippen LogP contribution >= 0.6 is 24.0 Å². The van der Waals surface area contributed by atoms with E-state index < -0.39 is 0 Å². The fourth-order valence-electron chi connectivity index (χ4n) is 3.58. The lowest BCUT2D eigenvalue weighted by molar-refractivity contribution is -0.122. The number of amides is 1. The molecule has 6 heteroatoms. The van der Waals surface area contributed by atoms with Crippen LogP contribution in [0.3, 0.4) is 0 Å². The Bertz CT molecular complexity index is 677. The first-order valence-corrected chi connectivity index (χ1v) is 11.5. The highest BCUT2D eigenvalue weighted by Gasteiger charge is 2.31. The van der Waals surface area contributed by atoms with Gasteiger partial charge in [0.15, 0.2) is 5.88 Å². The van der Waals surface area contributed by atoms with Crippen LogP contribution in [0, 0.1) is 0 Å². The number of furan rings is 1. The summed E-state index contributed by atoms with van der Waals surface area (Å²) < 4.78 is 6.63. The van der Waals surface area contributed by atoms with Gasteiger partial charge in [-0.05, 0) is 31.7 Å². The zero-order chi connectivity index (χ0) is 19.1. The van der Waals surface area contributed by atoms with Gasteiger partial charge in [-0.3, -0.25) is 9.69 Å². The van der Waals surface area contributed by atoms with Crippen molar-refractivity contribution in [1.29, 1.82) is 0 Å². The van der Waals surface area contributed by atoms with E-state index in [1.165, 1.54) is 56.7 Å². The van der Waals surface area contributed by atoms with Crippen molar-refractivity contribution in [2.75, 3.05) is 24.5 Å². The molecule has 3 heterocycles. The van der Waals surface area contributed by atoms with E-state index >= 15 is 0 Å². The number of anilines is 1. The van der Waals surface area contributed by atoms with Crippen LogP contribution in [0.5, 0.6) is 0 Å². The summed E-state index contributed by atoms with van der Waals surface area (Å²) in [5.74, 6) is 1.66. The Kier molecular flexibility index (Phi) is 7.82. The molecule has 0 bridgehead atoms. The van der Waals surface area contributed by atoms with E-state index in [0.29, 0.717) is 9.23 Å². The molecule has 0 N–H and O–H groups in total. The van der Waals surface area contributed by atoms with Crippen molar-refractivity contribution >= 4 is 46.2 Å². The second-order valence-corrected chi connectivity index (χ2v) is 9.00. The molecule has 0 saturated carbocycles. The van der Waals surface area contributed by atoms with Gasteiger partial charge in [-0.25, -0.2) is 0 Å². The number of rotatable bonds is 9. The molecule has 0 aromatic carbocycles. The van der Waals surface area contributed by atoms with E-state index in [1.807, 2.05) is 18.2 Å². The summed E-state index contributed by atoms with van der Waals surface area (Å²) in [6, 6.07) is 3.96. The highest BCUT2D eigenvalue weighted by Crippen LogP contribution is 2.34. The summed E-state index contributed by atoms with van der Waals surface area (Å²) >= 11 is 6.82. The number of thioether (sulfide) groups is 1. The average molecular weight is 407 g/mol. The van der Waals surface area contributed by atoms with Crippen LogP contribution in [0.1, 0.15) is 70.5 Å². The minimum atomic E-state index is 0.0227. The van der Waals surface area contributed by atoms with E-state index in [9.17, 15) is 4.79 Å². The fraction of sp³-hybridized carbons (Fsp3) is 0.619. The third kappa shape index (κ3) is 5.61. The number of hydrogen-bond donors (Lipinski definition) is 0. The fourth-order valence-corrected chi connectivity index (χ4v) is 4.86. The maximum absolute atomic E-state index is 12.7. The Labute approximate surface area is 172 Å². The van der Waals surface area contributed by atoms with Crippen LogP contribution in [0.15, 0.2) is 21.5 Å². The summed E-state index contributed by atoms with van der Waals surface area (Å²) in [6.45, 7) is 5.05. The predicted octanol–water partition coefficient (Wildman–Crippen LogP) is 5.83. The van der Waals surface area contributed by atoms with Gasteiger partial charge in [-0.1, -0.05) is 63.0 Å². The largest absolute Gasteiger partial charge is 0.441 e. The van der Waals surface area contributed by atoms with E-state index in [1.54, 1.807) is 4.90 Å². The summed E-state index contributed by atoms with van der Waals surface area (Å²) in [5.41, 5.74) is 0. The molecule has 2 aliphatic heterocycles. The third-order valence-electron chi connectivity index (χ3n) is 5.16. The molecule has 0 spiro atoms. The van der Waals surface area contributed by atoms with Gasteiger partial charge in [0.25, 0.3) is 5.91 Å². The van der Waals surface area contributed by atoms with Crippen molar-refractivity contribution < 1.29 is 9.21 Å². The van der Waals surface area contributed by atoms with E-state index in [4.69, 9.17) is 16.6 Å². The number of piperidine rings is 1. The molecule has 4 nitrogen and oxygen atoms in total. The Morgan fingerprint density at radius 1 is 1.11 bits per heavy atom. The molecule has 2 saturated heterocycles. The molecule has 1 amide bonds. The third-order valence-corrected chi connectivity index (χ3v) is 6.54. The first-order chi connectivity index (χ1) is 13.2. The monoisotopic (exact) mass is 406 g/mol. The molecule has 2 fully saturated rings. The number of carbonyl (C=O) groups excluding carboxylic acids is 1.